The van der Waals surface area contributed by atoms with E-state index < -0.39 is 6.10 Å². The van der Waals surface area contributed by atoms with Gasteiger partial charge in [0.05, 0.1) is 5.41 Å². The number of piperidine rings is 1. The molecule has 31 heavy (non-hydrogen) atoms. The summed E-state index contributed by atoms with van der Waals surface area (Å²) < 4.78 is 5.73. The minimum atomic E-state index is -0.576. The average Bonchev–Trinajstić information content (AvgIpc) is 2.74. The highest BCUT2D eigenvalue weighted by Crippen LogP contribution is 2.60. The Morgan fingerprint density at radius 2 is 1.58 bits per heavy atom. The minimum Gasteiger partial charge on any atom is -0.481 e. The number of nitrogens with one attached hydrogen (secondary N) is 1. The Labute approximate surface area is 189 Å². The lowest BCUT2D eigenvalue weighted by Crippen LogP contribution is -2.57. The van der Waals surface area contributed by atoms with Crippen molar-refractivity contribution in [3.05, 3.63) is 29.3 Å². The zero-order chi connectivity index (χ0) is 21.6. The number of nitrogens with zero attached hydrogens (tertiary/aromatic N) is 1. The average molecular weight is 445 g/mol. The van der Waals surface area contributed by atoms with Gasteiger partial charge in [-0.1, -0.05) is 11.6 Å². The summed E-state index contributed by atoms with van der Waals surface area (Å²) in [6.07, 6.45) is 8.49. The van der Waals surface area contributed by atoms with Gasteiger partial charge in [0, 0.05) is 24.2 Å². The van der Waals surface area contributed by atoms with Crippen LogP contribution in [0.3, 0.4) is 0 Å². The van der Waals surface area contributed by atoms with Gasteiger partial charge in [-0.15, -0.1) is 0 Å². The van der Waals surface area contributed by atoms with Crippen LogP contribution in [0.1, 0.15) is 58.3 Å². The van der Waals surface area contributed by atoms with Gasteiger partial charge in [0.1, 0.15) is 5.75 Å². The SMILES string of the molecule is CC(Oc1ccc(Cl)cc1)C(=O)NC1CCN(C(=O)C23CC4CC(CC(C4)C2)C3)CC1. The number of carbonyl (C=O) groups is 2. The van der Waals surface area contributed by atoms with Crippen molar-refractivity contribution in [3.8, 4) is 5.75 Å². The molecular formula is C25H33ClN2O3. The number of hydrogen-bond donors (Lipinski definition) is 1. The van der Waals surface area contributed by atoms with Crippen LogP contribution in [0.2, 0.25) is 5.02 Å². The number of halogens is 1. The molecule has 1 saturated heterocycles. The number of hydrogen-bond acceptors (Lipinski definition) is 3. The van der Waals surface area contributed by atoms with Gasteiger partial charge < -0.3 is 15.0 Å². The van der Waals surface area contributed by atoms with Crippen molar-refractivity contribution in [2.24, 2.45) is 23.2 Å². The van der Waals surface area contributed by atoms with E-state index in [-0.39, 0.29) is 17.4 Å². The van der Waals surface area contributed by atoms with E-state index in [9.17, 15) is 9.59 Å². The lowest BCUT2D eigenvalue weighted by Gasteiger charge is -2.57. The normalized spacial score (nSPS) is 33.2. The fraction of sp³-hybridized carbons (Fsp3) is 0.680. The van der Waals surface area contributed by atoms with Gasteiger partial charge in [-0.2, -0.15) is 0 Å². The van der Waals surface area contributed by atoms with Crippen molar-refractivity contribution in [3.63, 3.8) is 0 Å². The largest absolute Gasteiger partial charge is 0.481 e. The van der Waals surface area contributed by atoms with Crippen molar-refractivity contribution in [2.45, 2.75) is 70.4 Å². The maximum atomic E-state index is 13.5. The monoisotopic (exact) mass is 444 g/mol. The molecule has 0 aromatic heterocycles. The first kappa shape index (κ1) is 21.1. The lowest BCUT2D eigenvalue weighted by atomic mass is 9.49. The summed E-state index contributed by atoms with van der Waals surface area (Å²) >= 11 is 5.90. The molecule has 1 N–H and O–H groups in total. The summed E-state index contributed by atoms with van der Waals surface area (Å²) in [7, 11) is 0. The molecule has 168 valence electrons. The van der Waals surface area contributed by atoms with Gasteiger partial charge in [-0.3, -0.25) is 9.59 Å². The first-order valence-electron chi connectivity index (χ1n) is 11.9. The van der Waals surface area contributed by atoms with Crippen molar-refractivity contribution >= 4 is 23.4 Å². The molecule has 1 unspecified atom stereocenters. The summed E-state index contributed by atoms with van der Waals surface area (Å²) in [5.41, 5.74) is -0.0637. The van der Waals surface area contributed by atoms with E-state index in [2.05, 4.69) is 10.2 Å². The van der Waals surface area contributed by atoms with Crippen LogP contribution >= 0.6 is 11.6 Å². The Hall–Kier alpha value is -1.75. The van der Waals surface area contributed by atoms with Crippen LogP contribution in [0.5, 0.6) is 5.75 Å². The predicted molar refractivity (Wildman–Crippen MR) is 120 cm³/mol. The van der Waals surface area contributed by atoms with Gasteiger partial charge in [0.25, 0.3) is 5.91 Å². The van der Waals surface area contributed by atoms with Crippen molar-refractivity contribution in [1.82, 2.24) is 10.2 Å². The number of ether oxygens (including phenoxy) is 1. The number of benzene rings is 1. The molecule has 4 aliphatic carbocycles. The molecule has 1 atom stereocenters. The number of carbonyl (C=O) groups excluding carboxylic acids is 2. The lowest BCUT2D eigenvalue weighted by molar-refractivity contribution is -0.158. The van der Waals surface area contributed by atoms with E-state index in [1.807, 2.05) is 0 Å². The van der Waals surface area contributed by atoms with E-state index in [1.54, 1.807) is 31.2 Å². The molecule has 5 nitrogen and oxygen atoms in total. The summed E-state index contributed by atoms with van der Waals surface area (Å²) in [6.45, 7) is 3.26. The van der Waals surface area contributed by atoms with Gasteiger partial charge in [-0.05, 0) is 100 Å². The Kier molecular flexibility index (Phi) is 5.66. The van der Waals surface area contributed by atoms with Crippen LogP contribution in [0.4, 0.5) is 0 Å². The topological polar surface area (TPSA) is 58.6 Å². The Morgan fingerprint density at radius 1 is 1.03 bits per heavy atom. The van der Waals surface area contributed by atoms with Crippen molar-refractivity contribution in [2.75, 3.05) is 13.1 Å². The van der Waals surface area contributed by atoms with Crippen LogP contribution in [-0.2, 0) is 9.59 Å². The third kappa shape index (κ3) is 4.30. The van der Waals surface area contributed by atoms with Gasteiger partial charge in [0.2, 0.25) is 5.91 Å². The van der Waals surface area contributed by atoms with Gasteiger partial charge >= 0.3 is 0 Å². The third-order valence-electron chi connectivity index (χ3n) is 8.12. The molecule has 6 rings (SSSR count). The van der Waals surface area contributed by atoms with Crippen molar-refractivity contribution < 1.29 is 14.3 Å². The molecule has 5 fully saturated rings. The second-order valence-corrected chi connectivity index (χ2v) is 10.9. The van der Waals surface area contributed by atoms with E-state index >= 15 is 0 Å². The third-order valence-corrected chi connectivity index (χ3v) is 8.37. The summed E-state index contributed by atoms with van der Waals surface area (Å²) in [6, 6.07) is 7.13. The van der Waals surface area contributed by atoms with E-state index in [0.717, 1.165) is 62.9 Å². The van der Waals surface area contributed by atoms with Crippen LogP contribution in [0.25, 0.3) is 0 Å². The van der Waals surface area contributed by atoms with Crippen LogP contribution in [0.15, 0.2) is 24.3 Å². The first-order valence-corrected chi connectivity index (χ1v) is 12.3. The number of amides is 2. The molecule has 4 saturated carbocycles. The molecule has 1 aliphatic heterocycles. The maximum Gasteiger partial charge on any atom is 0.260 e. The first-order chi connectivity index (χ1) is 14.9. The zero-order valence-electron chi connectivity index (χ0n) is 18.3. The minimum absolute atomic E-state index is 0.0637. The van der Waals surface area contributed by atoms with Crippen LogP contribution < -0.4 is 10.1 Å². The summed E-state index contributed by atoms with van der Waals surface area (Å²) in [5, 5.41) is 3.76. The maximum absolute atomic E-state index is 13.5. The molecule has 6 heteroatoms. The van der Waals surface area contributed by atoms with Gasteiger partial charge in [0.15, 0.2) is 6.10 Å². The molecule has 0 radical (unpaired) electrons. The van der Waals surface area contributed by atoms with Crippen LogP contribution in [0, 0.1) is 23.2 Å². The fourth-order valence-electron chi connectivity index (χ4n) is 7.02. The fourth-order valence-corrected chi connectivity index (χ4v) is 7.15. The van der Waals surface area contributed by atoms with Crippen molar-refractivity contribution in [1.29, 1.82) is 0 Å². The van der Waals surface area contributed by atoms with E-state index in [0.29, 0.717) is 16.7 Å². The molecule has 4 bridgehead atoms. The molecule has 1 aromatic carbocycles. The molecule has 2 amide bonds. The standard InChI is InChI=1S/C25H33ClN2O3/c1-16(31-22-4-2-20(26)3-5-22)23(29)27-21-6-8-28(9-7-21)24(30)25-13-17-10-18(14-25)12-19(11-17)15-25/h2-5,16-19,21H,6-15H2,1H3,(H,27,29). The molecular weight excluding hydrogens is 412 g/mol. The highest BCUT2D eigenvalue weighted by Gasteiger charge is 2.55. The van der Waals surface area contributed by atoms with Gasteiger partial charge in [-0.25, -0.2) is 0 Å². The smallest absolute Gasteiger partial charge is 0.260 e. The Balaban J connectivity index is 1.12. The molecule has 1 heterocycles. The number of rotatable bonds is 5. The Morgan fingerprint density at radius 3 is 2.13 bits per heavy atom. The van der Waals surface area contributed by atoms with E-state index in [4.69, 9.17) is 16.3 Å². The van der Waals surface area contributed by atoms with E-state index in [1.165, 1.54) is 19.3 Å². The Bertz CT molecular complexity index is 796. The summed E-state index contributed by atoms with van der Waals surface area (Å²) in [5.74, 6) is 3.29. The highest BCUT2D eigenvalue weighted by molar-refractivity contribution is 6.30. The second-order valence-electron chi connectivity index (χ2n) is 10.5. The molecule has 0 spiro atoms. The highest BCUT2D eigenvalue weighted by atomic mass is 35.5. The predicted octanol–water partition coefficient (Wildman–Crippen LogP) is 4.43. The zero-order valence-corrected chi connectivity index (χ0v) is 19.1. The molecule has 1 aromatic rings. The van der Waals surface area contributed by atoms with Crippen LogP contribution in [-0.4, -0.2) is 41.9 Å². The summed E-state index contributed by atoms with van der Waals surface area (Å²) in [4.78, 5) is 28.2. The molecule has 5 aliphatic rings. The number of likely N-dealkylation sites (tertiary alicyclic amines) is 1. The second kappa shape index (κ2) is 8.31. The quantitative estimate of drug-likeness (QED) is 0.730.